The highest BCUT2D eigenvalue weighted by molar-refractivity contribution is 7.99. The van der Waals surface area contributed by atoms with Crippen LogP contribution in [-0.2, 0) is 4.79 Å². The molecule has 3 rings (SSSR count). The maximum Gasteiger partial charge on any atom is 0.230 e. The quantitative estimate of drug-likeness (QED) is 0.450. The number of pyridine rings is 1. The molecule has 6 nitrogen and oxygen atoms in total. The molecule has 158 valence electrons. The Morgan fingerprint density at radius 3 is 2.57 bits per heavy atom. The highest BCUT2D eigenvalue weighted by atomic mass is 32.2. The number of para-hydroxylation sites is 1. The van der Waals surface area contributed by atoms with Gasteiger partial charge in [0.2, 0.25) is 5.91 Å². The SMILES string of the molecule is CCCC[C@@H](CC)CNC(=O)CSc1nnc(-c2ccncc2)n1-c1ccccc1. The minimum Gasteiger partial charge on any atom is -0.355 e. The van der Waals surface area contributed by atoms with Gasteiger partial charge in [0.1, 0.15) is 0 Å². The van der Waals surface area contributed by atoms with E-state index in [0.717, 1.165) is 36.5 Å². The number of carbonyl (C=O) groups excluding carboxylic acids is 1. The van der Waals surface area contributed by atoms with Crippen LogP contribution in [0.5, 0.6) is 0 Å². The number of nitrogens with zero attached hydrogens (tertiary/aromatic N) is 4. The summed E-state index contributed by atoms with van der Waals surface area (Å²) >= 11 is 1.40. The Bertz CT molecular complexity index is 914. The molecule has 1 atom stereocenters. The first-order valence-electron chi connectivity index (χ1n) is 10.5. The van der Waals surface area contributed by atoms with Gasteiger partial charge in [-0.3, -0.25) is 14.3 Å². The third-order valence-electron chi connectivity index (χ3n) is 5.05. The second-order valence-corrected chi connectivity index (χ2v) is 8.16. The van der Waals surface area contributed by atoms with Crippen molar-refractivity contribution in [2.24, 2.45) is 5.92 Å². The van der Waals surface area contributed by atoms with Crippen LogP contribution in [0.15, 0.2) is 60.0 Å². The van der Waals surface area contributed by atoms with Crippen molar-refractivity contribution < 1.29 is 4.79 Å². The molecule has 0 saturated carbocycles. The molecule has 0 saturated heterocycles. The van der Waals surface area contributed by atoms with Crippen LogP contribution in [0.4, 0.5) is 0 Å². The van der Waals surface area contributed by atoms with Gasteiger partial charge in [-0.15, -0.1) is 10.2 Å². The van der Waals surface area contributed by atoms with Crippen LogP contribution in [0.3, 0.4) is 0 Å². The van der Waals surface area contributed by atoms with Crippen molar-refractivity contribution in [3.05, 3.63) is 54.9 Å². The van der Waals surface area contributed by atoms with E-state index in [9.17, 15) is 4.79 Å². The molecule has 0 unspecified atom stereocenters. The van der Waals surface area contributed by atoms with Gasteiger partial charge in [0, 0.05) is 30.2 Å². The van der Waals surface area contributed by atoms with E-state index in [0.29, 0.717) is 16.8 Å². The first kappa shape index (κ1) is 22.0. The molecule has 3 aromatic rings. The van der Waals surface area contributed by atoms with E-state index < -0.39 is 0 Å². The maximum atomic E-state index is 12.4. The minimum atomic E-state index is 0.0306. The largest absolute Gasteiger partial charge is 0.355 e. The summed E-state index contributed by atoms with van der Waals surface area (Å²) in [6, 6.07) is 13.8. The van der Waals surface area contributed by atoms with Gasteiger partial charge in [-0.2, -0.15) is 0 Å². The second-order valence-electron chi connectivity index (χ2n) is 7.22. The van der Waals surface area contributed by atoms with Gasteiger partial charge in [-0.25, -0.2) is 0 Å². The van der Waals surface area contributed by atoms with Gasteiger partial charge in [0.05, 0.1) is 5.75 Å². The highest BCUT2D eigenvalue weighted by Gasteiger charge is 2.17. The molecular weight excluding hydrogens is 394 g/mol. The molecule has 30 heavy (non-hydrogen) atoms. The van der Waals surface area contributed by atoms with E-state index in [-0.39, 0.29) is 5.91 Å². The Morgan fingerprint density at radius 2 is 1.87 bits per heavy atom. The third-order valence-corrected chi connectivity index (χ3v) is 5.98. The number of hydrogen-bond donors (Lipinski definition) is 1. The predicted molar refractivity (Wildman–Crippen MR) is 122 cm³/mol. The van der Waals surface area contributed by atoms with E-state index in [1.807, 2.05) is 47.0 Å². The Hall–Kier alpha value is -2.67. The number of amides is 1. The average molecular weight is 424 g/mol. The van der Waals surface area contributed by atoms with Crippen LogP contribution in [0, 0.1) is 5.92 Å². The van der Waals surface area contributed by atoms with Crippen LogP contribution in [0.25, 0.3) is 17.1 Å². The van der Waals surface area contributed by atoms with Crippen molar-refractivity contribution in [2.45, 2.75) is 44.7 Å². The molecule has 0 fully saturated rings. The van der Waals surface area contributed by atoms with Gasteiger partial charge in [0.15, 0.2) is 11.0 Å². The summed E-state index contributed by atoms with van der Waals surface area (Å²) in [5.41, 5.74) is 1.89. The standard InChI is InChI=1S/C23H29N5OS/c1-3-5-9-18(4-2)16-25-21(29)17-30-23-27-26-22(19-12-14-24-15-13-19)28(23)20-10-7-6-8-11-20/h6-8,10-15,18H,3-5,9,16-17H2,1-2H3,(H,25,29)/t18-/m1/s1. The number of unbranched alkanes of at least 4 members (excludes halogenated alkanes) is 1. The molecule has 2 heterocycles. The zero-order valence-corrected chi connectivity index (χ0v) is 18.4. The van der Waals surface area contributed by atoms with Crippen molar-refractivity contribution in [2.75, 3.05) is 12.3 Å². The van der Waals surface area contributed by atoms with E-state index in [4.69, 9.17) is 0 Å². The van der Waals surface area contributed by atoms with E-state index >= 15 is 0 Å². The zero-order chi connectivity index (χ0) is 21.2. The van der Waals surface area contributed by atoms with Crippen LogP contribution in [-0.4, -0.2) is 38.0 Å². The van der Waals surface area contributed by atoms with Gasteiger partial charge < -0.3 is 5.32 Å². The molecule has 1 aromatic carbocycles. The van der Waals surface area contributed by atoms with Crippen LogP contribution < -0.4 is 5.32 Å². The summed E-state index contributed by atoms with van der Waals surface area (Å²) in [7, 11) is 0. The highest BCUT2D eigenvalue weighted by Crippen LogP contribution is 2.27. The summed E-state index contributed by atoms with van der Waals surface area (Å²) in [5, 5.41) is 12.5. The molecule has 7 heteroatoms. The van der Waals surface area contributed by atoms with Crippen LogP contribution in [0.1, 0.15) is 39.5 Å². The maximum absolute atomic E-state index is 12.4. The molecule has 0 radical (unpaired) electrons. The Labute approximate surface area is 182 Å². The number of aromatic nitrogens is 4. The molecular formula is C23H29N5OS. The number of carbonyl (C=O) groups is 1. The summed E-state index contributed by atoms with van der Waals surface area (Å²) in [5.74, 6) is 1.62. The number of benzene rings is 1. The van der Waals surface area contributed by atoms with Gasteiger partial charge >= 0.3 is 0 Å². The fourth-order valence-corrected chi connectivity index (χ4v) is 4.03. The van der Waals surface area contributed by atoms with Crippen LogP contribution >= 0.6 is 11.8 Å². The van der Waals surface area contributed by atoms with Crippen LogP contribution in [0.2, 0.25) is 0 Å². The Kier molecular flexibility index (Phi) is 8.44. The summed E-state index contributed by atoms with van der Waals surface area (Å²) in [4.78, 5) is 16.5. The van der Waals surface area contributed by atoms with Crippen molar-refractivity contribution in [1.82, 2.24) is 25.1 Å². The second kappa shape index (κ2) is 11.5. The summed E-state index contributed by atoms with van der Waals surface area (Å²) in [6.07, 6.45) is 8.13. The minimum absolute atomic E-state index is 0.0306. The first-order valence-corrected chi connectivity index (χ1v) is 11.5. The normalized spacial score (nSPS) is 11.9. The van der Waals surface area contributed by atoms with Gasteiger partial charge in [-0.05, 0) is 36.6 Å². The molecule has 2 aromatic heterocycles. The summed E-state index contributed by atoms with van der Waals surface area (Å²) in [6.45, 7) is 5.12. The lowest BCUT2D eigenvalue weighted by Crippen LogP contribution is -2.30. The van der Waals surface area contributed by atoms with Crippen molar-refractivity contribution in [1.29, 1.82) is 0 Å². The summed E-state index contributed by atoms with van der Waals surface area (Å²) < 4.78 is 1.99. The average Bonchev–Trinajstić information content (AvgIpc) is 3.23. The topological polar surface area (TPSA) is 72.7 Å². The third kappa shape index (κ3) is 5.92. The number of thioether (sulfide) groups is 1. The lowest BCUT2D eigenvalue weighted by Gasteiger charge is -2.15. The van der Waals surface area contributed by atoms with Gasteiger partial charge in [0.25, 0.3) is 0 Å². The van der Waals surface area contributed by atoms with E-state index in [1.54, 1.807) is 12.4 Å². The van der Waals surface area contributed by atoms with Crippen molar-refractivity contribution in [3.63, 3.8) is 0 Å². The Balaban J connectivity index is 1.70. The zero-order valence-electron chi connectivity index (χ0n) is 17.6. The van der Waals surface area contributed by atoms with Gasteiger partial charge in [-0.1, -0.05) is 63.1 Å². The molecule has 1 N–H and O–H groups in total. The van der Waals surface area contributed by atoms with Crippen molar-refractivity contribution in [3.8, 4) is 17.1 Å². The number of hydrogen-bond acceptors (Lipinski definition) is 5. The van der Waals surface area contributed by atoms with Crippen molar-refractivity contribution >= 4 is 17.7 Å². The monoisotopic (exact) mass is 423 g/mol. The molecule has 0 spiro atoms. The lowest BCUT2D eigenvalue weighted by atomic mass is 9.99. The molecule has 0 aliphatic carbocycles. The fourth-order valence-electron chi connectivity index (χ4n) is 3.24. The molecule has 1 amide bonds. The van der Waals surface area contributed by atoms with E-state index in [1.165, 1.54) is 24.6 Å². The van der Waals surface area contributed by atoms with E-state index in [2.05, 4.69) is 34.3 Å². The molecule has 0 aliphatic heterocycles. The smallest absolute Gasteiger partial charge is 0.230 e. The fraction of sp³-hybridized carbons (Fsp3) is 0.391. The number of nitrogens with one attached hydrogen (secondary N) is 1. The molecule has 0 bridgehead atoms. The Morgan fingerprint density at radius 1 is 1.10 bits per heavy atom. The predicted octanol–water partition coefficient (Wildman–Crippen LogP) is 4.75. The number of rotatable bonds is 11. The lowest BCUT2D eigenvalue weighted by molar-refractivity contribution is -0.118. The molecule has 0 aliphatic rings. The first-order chi connectivity index (χ1) is 14.7.